The van der Waals surface area contributed by atoms with Gasteiger partial charge in [0.2, 0.25) is 5.91 Å². The first-order valence-electron chi connectivity index (χ1n) is 5.02. The molecule has 0 aliphatic carbocycles. The van der Waals surface area contributed by atoms with Crippen molar-refractivity contribution in [1.29, 1.82) is 0 Å². The first-order valence-corrected chi connectivity index (χ1v) is 6.01. The van der Waals surface area contributed by atoms with Crippen LogP contribution in [0.4, 0.5) is 11.5 Å². The molecule has 0 fully saturated rings. The molecule has 1 rings (SSSR count). The zero-order valence-electron chi connectivity index (χ0n) is 9.78. The Bertz CT molecular complexity index is 356. The predicted molar refractivity (Wildman–Crippen MR) is 69.5 cm³/mol. The van der Waals surface area contributed by atoms with Crippen molar-refractivity contribution in [3.05, 3.63) is 18.3 Å². The number of hydrogen-bond acceptors (Lipinski definition) is 4. The molecule has 4 nitrogen and oxygen atoms in total. The Morgan fingerprint density at radius 2 is 2.19 bits per heavy atom. The summed E-state index contributed by atoms with van der Waals surface area (Å²) in [6.07, 6.45) is 1.55. The lowest BCUT2D eigenvalue weighted by atomic mass is 10.3. The van der Waals surface area contributed by atoms with Crippen LogP contribution >= 0.6 is 11.8 Å². The van der Waals surface area contributed by atoms with E-state index in [1.165, 1.54) is 0 Å². The number of anilines is 2. The van der Waals surface area contributed by atoms with Gasteiger partial charge >= 0.3 is 0 Å². The SMILES string of the molecule is CC(C)(C)SCC(=O)Nc1ccc(N)nc1. The summed E-state index contributed by atoms with van der Waals surface area (Å²) in [6, 6.07) is 3.40. The zero-order valence-corrected chi connectivity index (χ0v) is 10.6. The predicted octanol–water partition coefficient (Wildman–Crippen LogP) is 2.13. The molecule has 0 unspecified atom stereocenters. The number of nitrogens with one attached hydrogen (secondary N) is 1. The van der Waals surface area contributed by atoms with Gasteiger partial charge in [-0.2, -0.15) is 0 Å². The molecule has 0 aliphatic heterocycles. The summed E-state index contributed by atoms with van der Waals surface area (Å²) in [5.74, 6) is 0.863. The average Bonchev–Trinajstić information content (AvgIpc) is 2.18. The fourth-order valence-electron chi connectivity index (χ4n) is 0.958. The first kappa shape index (κ1) is 12.8. The van der Waals surface area contributed by atoms with E-state index in [0.29, 0.717) is 17.3 Å². The molecule has 0 aliphatic rings. The van der Waals surface area contributed by atoms with E-state index in [4.69, 9.17) is 5.73 Å². The number of thioether (sulfide) groups is 1. The van der Waals surface area contributed by atoms with Crippen LogP contribution in [0.25, 0.3) is 0 Å². The third-order valence-electron chi connectivity index (χ3n) is 1.71. The fraction of sp³-hybridized carbons (Fsp3) is 0.455. The summed E-state index contributed by atoms with van der Waals surface area (Å²) in [6.45, 7) is 6.24. The van der Waals surface area contributed by atoms with E-state index < -0.39 is 0 Å². The monoisotopic (exact) mass is 239 g/mol. The van der Waals surface area contributed by atoms with Crippen molar-refractivity contribution in [2.45, 2.75) is 25.5 Å². The van der Waals surface area contributed by atoms with Crippen molar-refractivity contribution >= 4 is 29.2 Å². The van der Waals surface area contributed by atoms with Crippen molar-refractivity contribution in [3.8, 4) is 0 Å². The van der Waals surface area contributed by atoms with Crippen molar-refractivity contribution in [1.82, 2.24) is 4.98 Å². The molecule has 0 bridgehead atoms. The topological polar surface area (TPSA) is 68.0 Å². The Kier molecular flexibility index (Phi) is 4.18. The van der Waals surface area contributed by atoms with E-state index >= 15 is 0 Å². The molecule has 88 valence electrons. The molecule has 1 amide bonds. The van der Waals surface area contributed by atoms with Gasteiger partial charge in [0.05, 0.1) is 17.6 Å². The normalized spacial score (nSPS) is 11.2. The lowest BCUT2D eigenvalue weighted by Crippen LogP contribution is -2.19. The third kappa shape index (κ3) is 5.02. The maximum Gasteiger partial charge on any atom is 0.234 e. The summed E-state index contributed by atoms with van der Waals surface area (Å²) in [4.78, 5) is 15.5. The fourth-order valence-corrected chi connectivity index (χ4v) is 1.59. The highest BCUT2D eigenvalue weighted by Crippen LogP contribution is 2.22. The van der Waals surface area contributed by atoms with Crippen LogP contribution < -0.4 is 11.1 Å². The maximum atomic E-state index is 11.6. The lowest BCUT2D eigenvalue weighted by molar-refractivity contribution is -0.113. The molecule has 16 heavy (non-hydrogen) atoms. The molecule has 1 heterocycles. The van der Waals surface area contributed by atoms with Gasteiger partial charge < -0.3 is 11.1 Å². The highest BCUT2D eigenvalue weighted by Gasteiger charge is 2.13. The van der Waals surface area contributed by atoms with E-state index in [1.807, 2.05) is 0 Å². The van der Waals surface area contributed by atoms with Crippen LogP contribution in [-0.2, 0) is 4.79 Å². The van der Waals surface area contributed by atoms with Crippen LogP contribution in [0, 0.1) is 0 Å². The number of nitrogens with zero attached hydrogens (tertiary/aromatic N) is 1. The summed E-state index contributed by atoms with van der Waals surface area (Å²) in [7, 11) is 0. The molecule has 1 aromatic rings. The van der Waals surface area contributed by atoms with Gasteiger partial charge in [0.15, 0.2) is 0 Å². The largest absolute Gasteiger partial charge is 0.384 e. The quantitative estimate of drug-likeness (QED) is 0.848. The maximum absolute atomic E-state index is 11.6. The van der Waals surface area contributed by atoms with E-state index in [1.54, 1.807) is 30.1 Å². The molecule has 0 radical (unpaired) electrons. The second kappa shape index (κ2) is 5.21. The van der Waals surface area contributed by atoms with Gasteiger partial charge in [-0.15, -0.1) is 11.8 Å². The number of aromatic nitrogens is 1. The van der Waals surface area contributed by atoms with Crippen LogP contribution in [0.2, 0.25) is 0 Å². The van der Waals surface area contributed by atoms with Crippen molar-refractivity contribution in [3.63, 3.8) is 0 Å². The van der Waals surface area contributed by atoms with Crippen LogP contribution in [0.1, 0.15) is 20.8 Å². The second-order valence-corrected chi connectivity index (χ2v) is 6.22. The molecule has 0 atom stereocenters. The molecular formula is C11H17N3OS. The van der Waals surface area contributed by atoms with E-state index in [-0.39, 0.29) is 10.7 Å². The summed E-state index contributed by atoms with van der Waals surface area (Å²) < 4.78 is 0.0940. The third-order valence-corrected chi connectivity index (χ3v) is 2.98. The number of carbonyl (C=O) groups is 1. The minimum absolute atomic E-state index is 0.0218. The van der Waals surface area contributed by atoms with Gasteiger partial charge in [-0.05, 0) is 12.1 Å². The number of rotatable bonds is 3. The Morgan fingerprint density at radius 3 is 2.69 bits per heavy atom. The van der Waals surface area contributed by atoms with Gasteiger partial charge in [0, 0.05) is 4.75 Å². The molecule has 5 heteroatoms. The van der Waals surface area contributed by atoms with Gasteiger partial charge in [-0.1, -0.05) is 20.8 Å². The Morgan fingerprint density at radius 1 is 1.50 bits per heavy atom. The second-order valence-electron chi connectivity index (χ2n) is 4.42. The highest BCUT2D eigenvalue weighted by atomic mass is 32.2. The minimum Gasteiger partial charge on any atom is -0.384 e. The van der Waals surface area contributed by atoms with Crippen molar-refractivity contribution in [2.75, 3.05) is 16.8 Å². The number of nitrogen functional groups attached to an aromatic ring is 1. The van der Waals surface area contributed by atoms with Gasteiger partial charge in [-0.25, -0.2) is 4.98 Å². The summed E-state index contributed by atoms with van der Waals surface area (Å²) in [5, 5.41) is 2.76. The van der Waals surface area contributed by atoms with Crippen LogP contribution in [0.15, 0.2) is 18.3 Å². The minimum atomic E-state index is -0.0218. The lowest BCUT2D eigenvalue weighted by Gasteiger charge is -2.16. The number of hydrogen-bond donors (Lipinski definition) is 2. The zero-order chi connectivity index (χ0) is 12.2. The van der Waals surface area contributed by atoms with Crippen LogP contribution in [0.3, 0.4) is 0 Å². The van der Waals surface area contributed by atoms with Crippen molar-refractivity contribution in [2.24, 2.45) is 0 Å². The summed E-state index contributed by atoms with van der Waals surface area (Å²) >= 11 is 1.61. The first-order chi connectivity index (χ1) is 7.37. The Labute approximate surface area is 100 Å². The van der Waals surface area contributed by atoms with Crippen molar-refractivity contribution < 1.29 is 4.79 Å². The average molecular weight is 239 g/mol. The van der Waals surface area contributed by atoms with E-state index in [0.717, 1.165) is 0 Å². The number of pyridine rings is 1. The highest BCUT2D eigenvalue weighted by molar-refractivity contribution is 8.01. The van der Waals surface area contributed by atoms with Gasteiger partial charge in [-0.3, -0.25) is 4.79 Å². The van der Waals surface area contributed by atoms with Gasteiger partial charge in [0.25, 0.3) is 0 Å². The number of amides is 1. The molecular weight excluding hydrogens is 222 g/mol. The Hall–Kier alpha value is -1.23. The van der Waals surface area contributed by atoms with Gasteiger partial charge in [0.1, 0.15) is 5.82 Å². The number of nitrogens with two attached hydrogens (primary N) is 1. The number of carbonyl (C=O) groups excluding carboxylic acids is 1. The standard InChI is InChI=1S/C11H17N3OS/c1-11(2,3)16-7-10(15)14-8-4-5-9(12)13-6-8/h4-6H,7H2,1-3H3,(H2,12,13)(H,14,15). The molecule has 0 spiro atoms. The molecule has 0 aromatic carbocycles. The molecule has 0 saturated heterocycles. The molecule has 1 aromatic heterocycles. The Balaban J connectivity index is 2.43. The molecule has 3 N–H and O–H groups in total. The van der Waals surface area contributed by atoms with Crippen LogP contribution in [-0.4, -0.2) is 21.4 Å². The smallest absolute Gasteiger partial charge is 0.234 e. The van der Waals surface area contributed by atoms with Crippen LogP contribution in [0.5, 0.6) is 0 Å². The van der Waals surface area contributed by atoms with E-state index in [9.17, 15) is 4.79 Å². The van der Waals surface area contributed by atoms with E-state index in [2.05, 4.69) is 31.1 Å². The summed E-state index contributed by atoms with van der Waals surface area (Å²) in [5.41, 5.74) is 6.12. The molecule has 0 saturated carbocycles.